The summed E-state index contributed by atoms with van der Waals surface area (Å²) < 4.78 is 21.6. The minimum Gasteiger partial charge on any atom is -0.355 e. The predicted octanol–water partition coefficient (Wildman–Crippen LogP) is -0.797. The standard InChI is InChI=1S/C9H18N2O4/c10-11-2-1-8-9(5-14-7-15-8)3-12-6-13-4-9/h8,11H,1-7,10H2. The van der Waals surface area contributed by atoms with E-state index in [1.165, 1.54) is 0 Å². The maximum atomic E-state index is 5.60. The minimum atomic E-state index is -0.159. The number of hydrogen-bond acceptors (Lipinski definition) is 6. The Balaban J connectivity index is 1.97. The number of nitrogens with two attached hydrogens (primary N) is 1. The van der Waals surface area contributed by atoms with Crippen LogP contribution in [0.5, 0.6) is 0 Å². The zero-order valence-corrected chi connectivity index (χ0v) is 8.74. The summed E-state index contributed by atoms with van der Waals surface area (Å²) in [5.41, 5.74) is 2.48. The molecule has 6 nitrogen and oxygen atoms in total. The van der Waals surface area contributed by atoms with Gasteiger partial charge in [-0.05, 0) is 6.42 Å². The molecule has 0 amide bonds. The van der Waals surface area contributed by atoms with Gasteiger partial charge in [0.15, 0.2) is 0 Å². The molecule has 0 bridgehead atoms. The van der Waals surface area contributed by atoms with Crippen molar-refractivity contribution in [3.63, 3.8) is 0 Å². The normalized spacial score (nSPS) is 30.6. The summed E-state index contributed by atoms with van der Waals surface area (Å²) in [4.78, 5) is 0. The molecular weight excluding hydrogens is 200 g/mol. The molecule has 0 aliphatic carbocycles. The highest BCUT2D eigenvalue weighted by Crippen LogP contribution is 2.33. The van der Waals surface area contributed by atoms with Gasteiger partial charge in [-0.1, -0.05) is 0 Å². The van der Waals surface area contributed by atoms with Gasteiger partial charge in [0.2, 0.25) is 0 Å². The van der Waals surface area contributed by atoms with E-state index in [0.717, 1.165) is 6.42 Å². The molecular formula is C9H18N2O4. The lowest BCUT2D eigenvalue weighted by atomic mass is 9.81. The van der Waals surface area contributed by atoms with E-state index in [0.29, 0.717) is 40.0 Å². The number of rotatable bonds is 3. The average Bonchev–Trinajstić information content (AvgIpc) is 2.29. The summed E-state index contributed by atoms with van der Waals surface area (Å²) in [6.07, 6.45) is 0.926. The minimum absolute atomic E-state index is 0.0857. The lowest BCUT2D eigenvalue weighted by Gasteiger charge is -2.45. The van der Waals surface area contributed by atoms with E-state index in [4.69, 9.17) is 24.8 Å². The molecule has 1 spiro atoms. The van der Waals surface area contributed by atoms with Crippen LogP contribution in [0.3, 0.4) is 0 Å². The number of nitrogens with one attached hydrogen (secondary N) is 1. The number of hydrogen-bond donors (Lipinski definition) is 2. The third-order valence-corrected chi connectivity index (χ3v) is 2.92. The van der Waals surface area contributed by atoms with Crippen LogP contribution in [0, 0.1) is 5.41 Å². The molecule has 2 saturated heterocycles. The van der Waals surface area contributed by atoms with Crippen LogP contribution in [-0.4, -0.2) is 46.1 Å². The molecule has 2 aliphatic heterocycles. The van der Waals surface area contributed by atoms with Crippen LogP contribution < -0.4 is 11.3 Å². The van der Waals surface area contributed by atoms with Gasteiger partial charge < -0.3 is 18.9 Å². The predicted molar refractivity (Wildman–Crippen MR) is 51.7 cm³/mol. The smallest absolute Gasteiger partial charge is 0.147 e. The van der Waals surface area contributed by atoms with Crippen molar-refractivity contribution in [3.8, 4) is 0 Å². The Labute approximate surface area is 89.0 Å². The van der Waals surface area contributed by atoms with Gasteiger partial charge in [0, 0.05) is 6.54 Å². The highest BCUT2D eigenvalue weighted by Gasteiger charge is 2.44. The molecule has 88 valence electrons. The molecule has 1 unspecified atom stereocenters. The van der Waals surface area contributed by atoms with Crippen LogP contribution in [0.15, 0.2) is 0 Å². The Hall–Kier alpha value is -0.240. The molecule has 0 aromatic heterocycles. The Kier molecular flexibility index (Phi) is 3.90. The Morgan fingerprint density at radius 3 is 2.47 bits per heavy atom. The van der Waals surface area contributed by atoms with Crippen molar-refractivity contribution in [1.82, 2.24) is 5.43 Å². The SMILES string of the molecule is NNCCC1OCOCC12COCOC2. The third kappa shape index (κ3) is 2.47. The number of hydrazine groups is 1. The van der Waals surface area contributed by atoms with Gasteiger partial charge in [0.1, 0.15) is 13.6 Å². The van der Waals surface area contributed by atoms with E-state index in [1.54, 1.807) is 0 Å². The number of ether oxygens (including phenoxy) is 4. The Morgan fingerprint density at radius 1 is 1.13 bits per heavy atom. The molecule has 1 atom stereocenters. The summed E-state index contributed by atoms with van der Waals surface area (Å²) >= 11 is 0. The average molecular weight is 218 g/mol. The fourth-order valence-corrected chi connectivity index (χ4v) is 2.11. The second-order valence-corrected chi connectivity index (χ2v) is 4.04. The summed E-state index contributed by atoms with van der Waals surface area (Å²) in [5.74, 6) is 5.26. The van der Waals surface area contributed by atoms with Crippen LogP contribution >= 0.6 is 0 Å². The van der Waals surface area contributed by atoms with Crippen LogP contribution in [0.25, 0.3) is 0 Å². The van der Waals surface area contributed by atoms with Crippen molar-refractivity contribution in [1.29, 1.82) is 0 Å². The van der Waals surface area contributed by atoms with Crippen molar-refractivity contribution >= 4 is 0 Å². The molecule has 6 heteroatoms. The van der Waals surface area contributed by atoms with E-state index < -0.39 is 0 Å². The lowest BCUT2D eigenvalue weighted by molar-refractivity contribution is -0.276. The van der Waals surface area contributed by atoms with E-state index in [9.17, 15) is 0 Å². The van der Waals surface area contributed by atoms with Crippen LogP contribution in [0.1, 0.15) is 6.42 Å². The molecule has 0 radical (unpaired) electrons. The topological polar surface area (TPSA) is 75.0 Å². The molecule has 2 rings (SSSR count). The van der Waals surface area contributed by atoms with Gasteiger partial charge >= 0.3 is 0 Å². The van der Waals surface area contributed by atoms with Crippen molar-refractivity contribution in [3.05, 3.63) is 0 Å². The molecule has 0 aromatic carbocycles. The Morgan fingerprint density at radius 2 is 1.80 bits per heavy atom. The quantitative estimate of drug-likeness (QED) is 0.477. The van der Waals surface area contributed by atoms with Gasteiger partial charge in [0.05, 0.1) is 31.3 Å². The first-order chi connectivity index (χ1) is 7.37. The molecule has 2 aliphatic rings. The summed E-state index contributed by atoms with van der Waals surface area (Å²) in [7, 11) is 0. The second kappa shape index (κ2) is 5.20. The largest absolute Gasteiger partial charge is 0.355 e. The van der Waals surface area contributed by atoms with Gasteiger partial charge in [0.25, 0.3) is 0 Å². The van der Waals surface area contributed by atoms with E-state index in [2.05, 4.69) is 5.43 Å². The summed E-state index contributed by atoms with van der Waals surface area (Å²) in [6, 6.07) is 0. The van der Waals surface area contributed by atoms with Gasteiger partial charge in [-0.15, -0.1) is 0 Å². The van der Waals surface area contributed by atoms with Crippen LogP contribution in [0.2, 0.25) is 0 Å². The van der Waals surface area contributed by atoms with Gasteiger partial charge in [-0.2, -0.15) is 0 Å². The van der Waals surface area contributed by atoms with Crippen molar-refractivity contribution < 1.29 is 18.9 Å². The summed E-state index contributed by atoms with van der Waals surface area (Å²) in [5, 5.41) is 0. The molecule has 3 N–H and O–H groups in total. The first-order valence-electron chi connectivity index (χ1n) is 5.16. The molecule has 15 heavy (non-hydrogen) atoms. The van der Waals surface area contributed by atoms with Gasteiger partial charge in [-0.3, -0.25) is 11.3 Å². The van der Waals surface area contributed by atoms with Gasteiger partial charge in [-0.25, -0.2) is 0 Å². The van der Waals surface area contributed by atoms with Crippen molar-refractivity contribution in [2.75, 3.05) is 40.0 Å². The molecule has 2 fully saturated rings. The van der Waals surface area contributed by atoms with Crippen molar-refractivity contribution in [2.45, 2.75) is 12.5 Å². The van der Waals surface area contributed by atoms with E-state index >= 15 is 0 Å². The monoisotopic (exact) mass is 218 g/mol. The zero-order chi connectivity index (χ0) is 10.6. The fraction of sp³-hybridized carbons (Fsp3) is 1.00. The molecule has 0 aromatic rings. The highest BCUT2D eigenvalue weighted by molar-refractivity contribution is 4.90. The second-order valence-electron chi connectivity index (χ2n) is 4.04. The zero-order valence-electron chi connectivity index (χ0n) is 8.74. The first kappa shape index (κ1) is 11.3. The van der Waals surface area contributed by atoms with Crippen molar-refractivity contribution in [2.24, 2.45) is 11.3 Å². The lowest BCUT2D eigenvalue weighted by Crippen LogP contribution is -2.54. The maximum Gasteiger partial charge on any atom is 0.147 e. The third-order valence-electron chi connectivity index (χ3n) is 2.92. The Bertz CT molecular complexity index is 188. The van der Waals surface area contributed by atoms with E-state index in [-0.39, 0.29) is 11.5 Å². The molecule has 2 heterocycles. The highest BCUT2D eigenvalue weighted by atomic mass is 16.7. The fourth-order valence-electron chi connectivity index (χ4n) is 2.11. The first-order valence-corrected chi connectivity index (χ1v) is 5.16. The van der Waals surface area contributed by atoms with Crippen LogP contribution in [0.4, 0.5) is 0 Å². The summed E-state index contributed by atoms with van der Waals surface area (Å²) in [6.45, 7) is 3.31. The van der Waals surface area contributed by atoms with E-state index in [1.807, 2.05) is 0 Å². The van der Waals surface area contributed by atoms with Crippen LogP contribution in [-0.2, 0) is 18.9 Å². The maximum absolute atomic E-state index is 5.60. The molecule has 0 saturated carbocycles.